The van der Waals surface area contributed by atoms with Crippen LogP contribution in [0.2, 0.25) is 0 Å². The largest absolute Gasteiger partial charge is 0.481 e. The predicted molar refractivity (Wildman–Crippen MR) is 58.6 cm³/mol. The molecule has 0 rings (SSSR count). The molecule has 0 aromatic carbocycles. The number of carboxylic acids is 1. The number of hydrogen-bond acceptors (Lipinski definition) is 2. The van der Waals surface area contributed by atoms with Crippen LogP contribution in [0.1, 0.15) is 20.8 Å². The Morgan fingerprint density at radius 1 is 1.47 bits per heavy atom. The van der Waals surface area contributed by atoms with E-state index >= 15 is 0 Å². The first-order valence-electron chi connectivity index (χ1n) is 4.50. The first-order valence-corrected chi connectivity index (χ1v) is 4.88. The van der Waals surface area contributed by atoms with Crippen LogP contribution in [0.3, 0.4) is 0 Å². The quantitative estimate of drug-likeness (QED) is 0.725. The molecule has 0 saturated heterocycles. The van der Waals surface area contributed by atoms with Crippen molar-refractivity contribution in [1.29, 1.82) is 0 Å². The molecular formula is C10H16ClNO3. The minimum Gasteiger partial charge on any atom is -0.481 e. The Bertz CT molecular complexity index is 281. The summed E-state index contributed by atoms with van der Waals surface area (Å²) in [7, 11) is 0. The fourth-order valence-corrected chi connectivity index (χ4v) is 1.23. The summed E-state index contributed by atoms with van der Waals surface area (Å²) in [5.41, 5.74) is -0.635. The van der Waals surface area contributed by atoms with Crippen molar-refractivity contribution in [1.82, 2.24) is 5.32 Å². The van der Waals surface area contributed by atoms with Crippen molar-refractivity contribution in [3.05, 3.63) is 11.6 Å². The zero-order valence-electron chi connectivity index (χ0n) is 9.13. The van der Waals surface area contributed by atoms with E-state index in [0.717, 1.165) is 0 Å². The van der Waals surface area contributed by atoms with Crippen molar-refractivity contribution in [2.24, 2.45) is 11.3 Å². The lowest BCUT2D eigenvalue weighted by atomic mass is 9.80. The van der Waals surface area contributed by atoms with Gasteiger partial charge in [0.05, 0.1) is 6.54 Å². The molecule has 0 aliphatic carbocycles. The van der Waals surface area contributed by atoms with Gasteiger partial charge in [-0.2, -0.15) is 0 Å². The van der Waals surface area contributed by atoms with Crippen LogP contribution < -0.4 is 5.32 Å². The Balaban J connectivity index is 4.59. The van der Waals surface area contributed by atoms with Gasteiger partial charge in [0, 0.05) is 5.03 Å². The first-order chi connectivity index (χ1) is 6.66. The van der Waals surface area contributed by atoms with Gasteiger partial charge in [0.1, 0.15) is 5.92 Å². The van der Waals surface area contributed by atoms with Crippen LogP contribution in [0, 0.1) is 11.3 Å². The standard InChI is InChI=1S/C10H16ClNO3/c1-6(11)5-12-8(13)7(9(14)15)10(2,3)4/h7H,1,5H2,2-4H3,(H,12,13)(H,14,15). The lowest BCUT2D eigenvalue weighted by molar-refractivity contribution is -0.151. The van der Waals surface area contributed by atoms with Crippen LogP contribution in [0.5, 0.6) is 0 Å². The predicted octanol–water partition coefficient (Wildman–Crippen LogP) is 1.60. The van der Waals surface area contributed by atoms with E-state index in [1.807, 2.05) is 0 Å². The van der Waals surface area contributed by atoms with Gasteiger partial charge in [-0.15, -0.1) is 0 Å². The van der Waals surface area contributed by atoms with Crippen LogP contribution in [-0.4, -0.2) is 23.5 Å². The molecule has 86 valence electrons. The molecular weight excluding hydrogens is 218 g/mol. The summed E-state index contributed by atoms with van der Waals surface area (Å²) in [5.74, 6) is -2.77. The molecule has 1 atom stereocenters. The van der Waals surface area contributed by atoms with Crippen molar-refractivity contribution in [2.75, 3.05) is 6.54 Å². The van der Waals surface area contributed by atoms with E-state index in [1.165, 1.54) is 0 Å². The van der Waals surface area contributed by atoms with E-state index in [1.54, 1.807) is 20.8 Å². The topological polar surface area (TPSA) is 66.4 Å². The summed E-state index contributed by atoms with van der Waals surface area (Å²) in [6.07, 6.45) is 0. The summed E-state index contributed by atoms with van der Waals surface area (Å²) in [4.78, 5) is 22.5. The van der Waals surface area contributed by atoms with Gasteiger partial charge >= 0.3 is 5.97 Å². The molecule has 5 heteroatoms. The minimum absolute atomic E-state index is 0.0836. The Kier molecular flexibility index (Phi) is 4.81. The smallest absolute Gasteiger partial charge is 0.316 e. The first kappa shape index (κ1) is 14.0. The molecule has 0 aromatic heterocycles. The summed E-state index contributed by atoms with van der Waals surface area (Å²) in [6.45, 7) is 8.57. The van der Waals surface area contributed by atoms with Crippen LogP contribution in [0.15, 0.2) is 11.6 Å². The molecule has 2 N–H and O–H groups in total. The van der Waals surface area contributed by atoms with Crippen molar-refractivity contribution in [2.45, 2.75) is 20.8 Å². The van der Waals surface area contributed by atoms with Crippen molar-refractivity contribution < 1.29 is 14.7 Å². The normalized spacial score (nSPS) is 13.1. The Hall–Kier alpha value is -1.03. The third-order valence-corrected chi connectivity index (χ3v) is 1.96. The second-order valence-electron chi connectivity index (χ2n) is 4.37. The van der Waals surface area contributed by atoms with Gasteiger partial charge in [0.2, 0.25) is 5.91 Å². The highest BCUT2D eigenvalue weighted by Gasteiger charge is 2.37. The van der Waals surface area contributed by atoms with Crippen molar-refractivity contribution in [3.63, 3.8) is 0 Å². The average molecular weight is 234 g/mol. The van der Waals surface area contributed by atoms with Gasteiger partial charge in [-0.1, -0.05) is 39.0 Å². The number of amides is 1. The number of hydrogen-bond donors (Lipinski definition) is 2. The molecule has 0 fully saturated rings. The lowest BCUT2D eigenvalue weighted by Gasteiger charge is -2.25. The minimum atomic E-state index is -1.14. The van der Waals surface area contributed by atoms with E-state index in [0.29, 0.717) is 0 Å². The molecule has 0 aliphatic rings. The molecule has 0 spiro atoms. The second-order valence-corrected chi connectivity index (χ2v) is 4.91. The number of aliphatic carboxylic acids is 1. The molecule has 0 bridgehead atoms. The molecule has 1 unspecified atom stereocenters. The van der Waals surface area contributed by atoms with Crippen molar-refractivity contribution >= 4 is 23.5 Å². The van der Waals surface area contributed by atoms with Gasteiger partial charge in [0.15, 0.2) is 0 Å². The monoisotopic (exact) mass is 233 g/mol. The Morgan fingerprint density at radius 3 is 2.20 bits per heavy atom. The summed E-state index contributed by atoms with van der Waals surface area (Å²) >= 11 is 5.46. The zero-order valence-corrected chi connectivity index (χ0v) is 9.89. The fourth-order valence-electron chi connectivity index (χ4n) is 1.16. The van der Waals surface area contributed by atoms with Crippen LogP contribution >= 0.6 is 11.6 Å². The average Bonchev–Trinajstić information content (AvgIpc) is 1.96. The van der Waals surface area contributed by atoms with E-state index in [4.69, 9.17) is 16.7 Å². The van der Waals surface area contributed by atoms with Gasteiger partial charge in [-0.3, -0.25) is 9.59 Å². The van der Waals surface area contributed by atoms with E-state index in [2.05, 4.69) is 11.9 Å². The fraction of sp³-hybridized carbons (Fsp3) is 0.600. The molecule has 1 amide bonds. The SMILES string of the molecule is C=C(Cl)CNC(=O)C(C(=O)O)C(C)(C)C. The van der Waals surface area contributed by atoms with Crippen LogP contribution in [0.25, 0.3) is 0 Å². The van der Waals surface area contributed by atoms with Crippen molar-refractivity contribution in [3.8, 4) is 0 Å². The maximum atomic E-state index is 11.5. The number of rotatable bonds is 4. The van der Waals surface area contributed by atoms with Crippen LogP contribution in [-0.2, 0) is 9.59 Å². The molecule has 0 aromatic rings. The molecule has 0 heterocycles. The molecule has 0 saturated carbocycles. The van der Waals surface area contributed by atoms with Gasteiger partial charge in [-0.05, 0) is 5.41 Å². The third kappa shape index (κ3) is 4.83. The summed E-state index contributed by atoms with van der Waals surface area (Å²) in [5, 5.41) is 11.6. The number of carboxylic acid groups (broad SMARTS) is 1. The Labute approximate surface area is 94.3 Å². The summed E-state index contributed by atoms with van der Waals surface area (Å²) in [6, 6.07) is 0. The number of carbonyl (C=O) groups is 2. The molecule has 4 nitrogen and oxygen atoms in total. The highest BCUT2D eigenvalue weighted by atomic mass is 35.5. The van der Waals surface area contributed by atoms with Gasteiger partial charge in [-0.25, -0.2) is 0 Å². The molecule has 15 heavy (non-hydrogen) atoms. The lowest BCUT2D eigenvalue weighted by Crippen LogP contribution is -2.43. The van der Waals surface area contributed by atoms with Crippen LogP contribution in [0.4, 0.5) is 0 Å². The number of carbonyl (C=O) groups excluding carboxylic acids is 1. The molecule has 0 radical (unpaired) electrons. The highest BCUT2D eigenvalue weighted by molar-refractivity contribution is 6.29. The maximum Gasteiger partial charge on any atom is 0.316 e. The van der Waals surface area contributed by atoms with E-state index in [9.17, 15) is 9.59 Å². The number of nitrogens with one attached hydrogen (secondary N) is 1. The van der Waals surface area contributed by atoms with Gasteiger partial charge in [0.25, 0.3) is 0 Å². The van der Waals surface area contributed by atoms with E-state index < -0.39 is 23.2 Å². The Morgan fingerprint density at radius 2 is 1.93 bits per heavy atom. The highest BCUT2D eigenvalue weighted by Crippen LogP contribution is 2.26. The summed E-state index contributed by atoms with van der Waals surface area (Å²) < 4.78 is 0. The zero-order chi connectivity index (χ0) is 12.2. The maximum absolute atomic E-state index is 11.5. The molecule has 0 aliphatic heterocycles. The number of halogens is 1. The van der Waals surface area contributed by atoms with E-state index in [-0.39, 0.29) is 11.6 Å². The third-order valence-electron chi connectivity index (χ3n) is 1.83. The second kappa shape index (κ2) is 5.16. The van der Waals surface area contributed by atoms with Gasteiger partial charge < -0.3 is 10.4 Å².